The number of carbonyl (C=O) groups excluding carboxylic acids is 1. The van der Waals surface area contributed by atoms with Crippen molar-refractivity contribution in [2.45, 2.75) is 64.7 Å². The molecule has 0 atom stereocenters. The number of amides is 1. The molecule has 0 N–H and O–H groups in total. The van der Waals surface area contributed by atoms with Crippen LogP contribution in [0.5, 0.6) is 17.2 Å². The van der Waals surface area contributed by atoms with Gasteiger partial charge in [0.2, 0.25) is 5.43 Å². The van der Waals surface area contributed by atoms with Gasteiger partial charge >= 0.3 is 0 Å². The van der Waals surface area contributed by atoms with Crippen LogP contribution in [0.1, 0.15) is 75.1 Å². The minimum absolute atomic E-state index is 0.107. The fourth-order valence-electron chi connectivity index (χ4n) is 6.91. The maximum Gasteiger partial charge on any atom is 0.264 e. The number of quaternary nitrogens is 1. The summed E-state index contributed by atoms with van der Waals surface area (Å²) in [6.45, 7) is 6.54. The summed E-state index contributed by atoms with van der Waals surface area (Å²) in [6.07, 6.45) is 17.4. The molecule has 0 spiro atoms. The number of carbonyl (C=O) groups is 1. The van der Waals surface area contributed by atoms with Gasteiger partial charge in [-0.05, 0) is 69.2 Å². The number of pyridine rings is 1. The van der Waals surface area contributed by atoms with Crippen molar-refractivity contribution in [3.8, 4) is 35.3 Å². The Morgan fingerprint density at radius 1 is 0.885 bits per heavy atom. The Hall–Kier alpha value is -4.88. The van der Waals surface area contributed by atoms with E-state index in [-0.39, 0.29) is 23.2 Å². The number of unbranched alkanes of at least 4 members (excludes halogenated alkanes) is 4. The first kappa shape index (κ1) is 38.4. The molecule has 2 heterocycles. The number of hydrogen-bond acceptors (Lipinski definition) is 5. The van der Waals surface area contributed by atoms with Crippen molar-refractivity contribution in [3.05, 3.63) is 88.2 Å². The molecule has 0 bridgehead atoms. The summed E-state index contributed by atoms with van der Waals surface area (Å²) < 4.78 is 49.1. The fraction of sp³-hybridized carbons (Fsp3) is 0.429. The number of terminal acetylenes is 1. The van der Waals surface area contributed by atoms with Gasteiger partial charge < -0.3 is 23.3 Å². The summed E-state index contributed by atoms with van der Waals surface area (Å²) in [5, 5.41) is 0.244. The number of fused-ring (bicyclic) bond motifs is 1. The first-order valence-electron chi connectivity index (χ1n) is 18.3. The Morgan fingerprint density at radius 3 is 2.29 bits per heavy atom. The summed E-state index contributed by atoms with van der Waals surface area (Å²) in [6, 6.07) is 13.1. The summed E-state index contributed by atoms with van der Waals surface area (Å²) in [7, 11) is 3.94. The minimum Gasteiger partial charge on any atom is -0.497 e. The highest BCUT2D eigenvalue weighted by atomic mass is 19.1. The number of anilines is 1. The molecule has 1 aliphatic heterocycles. The lowest BCUT2D eigenvalue weighted by Crippen LogP contribution is -2.48. The van der Waals surface area contributed by atoms with Gasteiger partial charge in [-0.15, -0.1) is 6.42 Å². The van der Waals surface area contributed by atoms with Gasteiger partial charge in [0.25, 0.3) is 5.91 Å². The molecular weight excluding hydrogens is 664 g/mol. The second kappa shape index (κ2) is 18.1. The van der Waals surface area contributed by atoms with Gasteiger partial charge in [-0.3, -0.25) is 14.5 Å². The van der Waals surface area contributed by atoms with Crippen LogP contribution in [0, 0.1) is 24.0 Å². The van der Waals surface area contributed by atoms with E-state index in [0.29, 0.717) is 47.7 Å². The average Bonchev–Trinajstić information content (AvgIpc) is 3.13. The maximum atomic E-state index is 14.2. The molecule has 0 aliphatic carbocycles. The van der Waals surface area contributed by atoms with Crippen LogP contribution < -0.4 is 24.5 Å². The van der Waals surface area contributed by atoms with E-state index >= 15 is 0 Å². The van der Waals surface area contributed by atoms with Crippen LogP contribution in [0.4, 0.5) is 14.5 Å². The van der Waals surface area contributed by atoms with Crippen LogP contribution in [-0.4, -0.2) is 68.5 Å². The number of halogens is 2. The number of ether oxygens (including phenoxy) is 3. The number of benzene rings is 3. The van der Waals surface area contributed by atoms with Crippen LogP contribution in [0.15, 0.2) is 65.6 Å². The average molecular weight is 715 g/mol. The third-order valence-electron chi connectivity index (χ3n) is 9.72. The molecule has 4 aromatic rings. The Balaban J connectivity index is 1.42. The molecule has 1 aromatic heterocycles. The van der Waals surface area contributed by atoms with E-state index < -0.39 is 23.0 Å². The monoisotopic (exact) mass is 714 g/mol. The Labute approximate surface area is 305 Å². The van der Waals surface area contributed by atoms with Crippen molar-refractivity contribution in [1.29, 1.82) is 0 Å². The molecule has 5 rings (SSSR count). The molecule has 8 nitrogen and oxygen atoms in total. The van der Waals surface area contributed by atoms with Crippen molar-refractivity contribution in [2.75, 3.05) is 58.5 Å². The predicted octanol–water partition coefficient (Wildman–Crippen LogP) is 8.31. The largest absolute Gasteiger partial charge is 0.497 e. The molecule has 10 heteroatoms. The zero-order valence-corrected chi connectivity index (χ0v) is 30.6. The van der Waals surface area contributed by atoms with E-state index in [2.05, 4.69) is 13.0 Å². The smallest absolute Gasteiger partial charge is 0.264 e. The SMILES string of the molecule is C#CCN(C(=O)c1cn(-c2cc(OC)cc(OCCC)c2)c2cc(OCCCCCCC[N+]3(C)CCCCC3)ccc2c1=O)c1cc(F)cc(F)c1. The van der Waals surface area contributed by atoms with Crippen LogP contribution in [0.25, 0.3) is 16.6 Å². The Kier molecular flexibility index (Phi) is 13.3. The van der Waals surface area contributed by atoms with Crippen molar-refractivity contribution < 1.29 is 32.3 Å². The lowest BCUT2D eigenvalue weighted by Gasteiger charge is -2.37. The first-order chi connectivity index (χ1) is 25.1. The molecule has 0 radical (unpaired) electrons. The van der Waals surface area contributed by atoms with Crippen LogP contribution in [0.3, 0.4) is 0 Å². The molecule has 1 amide bonds. The topological polar surface area (TPSA) is 70.0 Å². The summed E-state index contributed by atoms with van der Waals surface area (Å²) >= 11 is 0. The van der Waals surface area contributed by atoms with Crippen LogP contribution in [0.2, 0.25) is 0 Å². The maximum absolute atomic E-state index is 14.2. The molecule has 3 aromatic carbocycles. The van der Waals surface area contributed by atoms with Crippen molar-refractivity contribution in [3.63, 3.8) is 0 Å². The standard InChI is InChI=1S/C42H50F2N3O5/c1-5-17-45(33-24-31(43)23-32(44)25-33)42(49)39-30-46(34-26-36(50-4)28-37(27-34)51-21-6-2)40-29-35(15-16-38(40)41(39)48)52-22-14-9-7-8-11-18-47(3)19-12-10-13-20-47/h1,15-16,23-30H,6-14,17-22H2,2-4H3/q+1. The zero-order chi connectivity index (χ0) is 37.1. The minimum atomic E-state index is -0.882. The van der Waals surface area contributed by atoms with Gasteiger partial charge in [0.1, 0.15) is 34.4 Å². The van der Waals surface area contributed by atoms with Gasteiger partial charge in [0.15, 0.2) is 0 Å². The van der Waals surface area contributed by atoms with Crippen molar-refractivity contribution >= 4 is 22.5 Å². The van der Waals surface area contributed by atoms with Gasteiger partial charge in [0.05, 0.1) is 70.4 Å². The van der Waals surface area contributed by atoms with Gasteiger partial charge in [0, 0.05) is 41.9 Å². The van der Waals surface area contributed by atoms with Gasteiger partial charge in [-0.2, -0.15) is 0 Å². The highest BCUT2D eigenvalue weighted by molar-refractivity contribution is 6.08. The van der Waals surface area contributed by atoms with E-state index in [4.69, 9.17) is 20.6 Å². The van der Waals surface area contributed by atoms with Crippen LogP contribution >= 0.6 is 0 Å². The summed E-state index contributed by atoms with van der Waals surface area (Å²) in [4.78, 5) is 29.1. The number of aromatic nitrogens is 1. The number of likely N-dealkylation sites (tertiary alicyclic amines) is 1. The lowest BCUT2D eigenvalue weighted by atomic mass is 10.1. The second-order valence-electron chi connectivity index (χ2n) is 13.8. The van der Waals surface area contributed by atoms with E-state index in [1.54, 1.807) is 48.1 Å². The second-order valence-corrected chi connectivity index (χ2v) is 13.8. The normalized spacial score (nSPS) is 13.8. The molecule has 276 valence electrons. The number of methoxy groups -OCH3 is 1. The molecule has 1 fully saturated rings. The number of nitrogens with zero attached hydrogens (tertiary/aromatic N) is 3. The fourth-order valence-corrected chi connectivity index (χ4v) is 6.91. The molecule has 0 unspecified atom stereocenters. The number of rotatable bonds is 17. The van der Waals surface area contributed by atoms with Crippen molar-refractivity contribution in [2.24, 2.45) is 0 Å². The van der Waals surface area contributed by atoms with E-state index in [0.717, 1.165) is 42.7 Å². The lowest BCUT2D eigenvalue weighted by molar-refractivity contribution is -0.914. The summed E-state index contributed by atoms with van der Waals surface area (Å²) in [5.74, 6) is 1.42. The van der Waals surface area contributed by atoms with Gasteiger partial charge in [-0.1, -0.05) is 25.7 Å². The van der Waals surface area contributed by atoms with Gasteiger partial charge in [-0.25, -0.2) is 8.78 Å². The quantitative estimate of drug-likeness (QED) is 0.0626. The Morgan fingerprint density at radius 2 is 1.58 bits per heavy atom. The zero-order valence-electron chi connectivity index (χ0n) is 30.6. The third-order valence-corrected chi connectivity index (χ3v) is 9.72. The molecular formula is C42H50F2N3O5+. The number of hydrogen-bond donors (Lipinski definition) is 0. The highest BCUT2D eigenvalue weighted by Crippen LogP contribution is 2.30. The van der Waals surface area contributed by atoms with E-state index in [1.165, 1.54) is 62.4 Å². The van der Waals surface area contributed by atoms with E-state index in [9.17, 15) is 18.4 Å². The molecule has 1 saturated heterocycles. The first-order valence-corrected chi connectivity index (χ1v) is 18.3. The Bertz CT molecular complexity index is 1930. The summed E-state index contributed by atoms with van der Waals surface area (Å²) in [5.41, 5.74) is 0.138. The molecule has 0 saturated carbocycles. The van der Waals surface area contributed by atoms with Crippen molar-refractivity contribution in [1.82, 2.24) is 4.57 Å². The number of piperidine rings is 1. The third kappa shape index (κ3) is 9.71. The van der Waals surface area contributed by atoms with Crippen LogP contribution in [-0.2, 0) is 0 Å². The van der Waals surface area contributed by atoms with E-state index in [1.807, 2.05) is 6.92 Å². The molecule has 52 heavy (non-hydrogen) atoms. The predicted molar refractivity (Wildman–Crippen MR) is 202 cm³/mol. The highest BCUT2D eigenvalue weighted by Gasteiger charge is 2.25. The molecule has 1 aliphatic rings.